The van der Waals surface area contributed by atoms with Gasteiger partial charge in [-0.3, -0.25) is 4.79 Å². The molecule has 0 unspecified atom stereocenters. The van der Waals surface area contributed by atoms with E-state index in [0.29, 0.717) is 16.3 Å². The quantitative estimate of drug-likeness (QED) is 0.814. The number of rotatable bonds is 2. The Morgan fingerprint density at radius 2 is 1.84 bits per heavy atom. The van der Waals surface area contributed by atoms with E-state index in [-0.39, 0.29) is 16.7 Å². The van der Waals surface area contributed by atoms with Crippen LogP contribution in [-0.2, 0) is 0 Å². The Kier molecular flexibility index (Phi) is 4.34. The summed E-state index contributed by atoms with van der Waals surface area (Å²) in [5.41, 5.74) is 0.869. The summed E-state index contributed by atoms with van der Waals surface area (Å²) < 4.78 is 0.717. The first-order chi connectivity index (χ1) is 8.97. The molecule has 0 saturated carbocycles. The van der Waals surface area contributed by atoms with Crippen LogP contribution in [0.3, 0.4) is 0 Å². The average molecular weight is 361 g/mol. The number of halogens is 3. The fourth-order valence-electron chi connectivity index (χ4n) is 1.43. The summed E-state index contributed by atoms with van der Waals surface area (Å²) in [5, 5.41) is 12.8. The highest BCUT2D eigenvalue weighted by Gasteiger charge is 2.09. The van der Waals surface area contributed by atoms with E-state index in [2.05, 4.69) is 21.2 Å². The number of hydrogen-bond acceptors (Lipinski definition) is 2. The maximum atomic E-state index is 12.0. The van der Waals surface area contributed by atoms with Crippen molar-refractivity contribution < 1.29 is 9.90 Å². The molecule has 0 aromatic heterocycles. The molecule has 19 heavy (non-hydrogen) atoms. The molecule has 2 aromatic carbocycles. The van der Waals surface area contributed by atoms with Crippen LogP contribution in [0.15, 0.2) is 40.9 Å². The average Bonchev–Trinajstić information content (AvgIpc) is 2.37. The summed E-state index contributed by atoms with van der Waals surface area (Å²) in [4.78, 5) is 12.0. The molecule has 6 heteroatoms. The molecular formula is C13H8BrCl2NO2. The Morgan fingerprint density at radius 3 is 2.47 bits per heavy atom. The topological polar surface area (TPSA) is 49.3 Å². The number of benzene rings is 2. The SMILES string of the molecule is O=C(Nc1ccc(Cl)c(O)c1)c1ccc(Br)c(Cl)c1. The molecule has 0 heterocycles. The van der Waals surface area contributed by atoms with Gasteiger partial charge in [0.05, 0.1) is 10.0 Å². The number of hydrogen-bond donors (Lipinski definition) is 2. The van der Waals surface area contributed by atoms with E-state index >= 15 is 0 Å². The lowest BCUT2D eigenvalue weighted by Crippen LogP contribution is -2.11. The molecule has 0 radical (unpaired) electrons. The van der Waals surface area contributed by atoms with E-state index in [1.54, 1.807) is 24.3 Å². The molecule has 0 bridgehead atoms. The second kappa shape index (κ2) is 5.82. The smallest absolute Gasteiger partial charge is 0.255 e. The lowest BCUT2D eigenvalue weighted by molar-refractivity contribution is 0.102. The van der Waals surface area contributed by atoms with E-state index in [4.69, 9.17) is 23.2 Å². The fourth-order valence-corrected chi connectivity index (χ4v) is 1.98. The summed E-state index contributed by atoms with van der Waals surface area (Å²) in [6, 6.07) is 9.36. The van der Waals surface area contributed by atoms with Crippen molar-refractivity contribution in [2.75, 3.05) is 5.32 Å². The van der Waals surface area contributed by atoms with Crippen LogP contribution < -0.4 is 5.32 Å². The highest BCUT2D eigenvalue weighted by atomic mass is 79.9. The number of phenolic OH excluding ortho intramolecular Hbond substituents is 1. The van der Waals surface area contributed by atoms with E-state index in [1.165, 1.54) is 12.1 Å². The highest BCUT2D eigenvalue weighted by molar-refractivity contribution is 9.10. The molecule has 3 nitrogen and oxygen atoms in total. The van der Waals surface area contributed by atoms with Crippen LogP contribution in [0.25, 0.3) is 0 Å². The second-order valence-electron chi connectivity index (χ2n) is 3.75. The number of carbonyl (C=O) groups excluding carboxylic acids is 1. The molecule has 0 atom stereocenters. The number of amides is 1. The van der Waals surface area contributed by atoms with Gasteiger partial charge in [-0.15, -0.1) is 0 Å². The number of nitrogens with one attached hydrogen (secondary N) is 1. The van der Waals surface area contributed by atoms with Crippen molar-refractivity contribution in [1.29, 1.82) is 0 Å². The third-order valence-corrected chi connectivity index (χ3v) is 3.94. The number of aromatic hydroxyl groups is 1. The van der Waals surface area contributed by atoms with Crippen LogP contribution in [0, 0.1) is 0 Å². The monoisotopic (exact) mass is 359 g/mol. The van der Waals surface area contributed by atoms with Gasteiger partial charge in [0.25, 0.3) is 5.91 Å². The third kappa shape index (κ3) is 3.41. The standard InChI is InChI=1S/C13H8BrCl2NO2/c14-9-3-1-7(5-11(9)16)13(19)17-8-2-4-10(15)12(18)6-8/h1-6,18H,(H,17,19). The normalized spacial score (nSPS) is 10.3. The maximum Gasteiger partial charge on any atom is 0.255 e. The molecule has 98 valence electrons. The molecule has 0 spiro atoms. The number of phenols is 1. The molecule has 0 aliphatic carbocycles. The molecule has 2 rings (SSSR count). The summed E-state index contributed by atoms with van der Waals surface area (Å²) in [5.74, 6) is -0.413. The van der Waals surface area contributed by atoms with Gasteiger partial charge in [-0.1, -0.05) is 23.2 Å². The van der Waals surface area contributed by atoms with Crippen LogP contribution in [-0.4, -0.2) is 11.0 Å². The lowest BCUT2D eigenvalue weighted by Gasteiger charge is -2.07. The summed E-state index contributed by atoms with van der Waals surface area (Å²) in [6.45, 7) is 0. The van der Waals surface area contributed by atoms with Gasteiger partial charge in [0.1, 0.15) is 5.75 Å². The van der Waals surface area contributed by atoms with Gasteiger partial charge >= 0.3 is 0 Å². The van der Waals surface area contributed by atoms with Crippen LogP contribution in [0.1, 0.15) is 10.4 Å². The third-order valence-electron chi connectivity index (χ3n) is 2.39. The zero-order valence-corrected chi connectivity index (χ0v) is 12.6. The number of anilines is 1. The largest absolute Gasteiger partial charge is 0.506 e. The zero-order valence-electron chi connectivity index (χ0n) is 9.45. The van der Waals surface area contributed by atoms with E-state index in [0.717, 1.165) is 4.47 Å². The van der Waals surface area contributed by atoms with Gasteiger partial charge in [-0.25, -0.2) is 0 Å². The van der Waals surface area contributed by atoms with Crippen molar-refractivity contribution in [2.45, 2.75) is 0 Å². The minimum atomic E-state index is -0.323. The second-order valence-corrected chi connectivity index (χ2v) is 5.42. The molecular weight excluding hydrogens is 353 g/mol. The van der Waals surface area contributed by atoms with Gasteiger partial charge < -0.3 is 10.4 Å². The van der Waals surface area contributed by atoms with Gasteiger partial charge in [-0.2, -0.15) is 0 Å². The Hall–Kier alpha value is -1.23. The summed E-state index contributed by atoms with van der Waals surface area (Å²) in [7, 11) is 0. The Morgan fingerprint density at radius 1 is 1.11 bits per heavy atom. The van der Waals surface area contributed by atoms with Crippen molar-refractivity contribution in [3.63, 3.8) is 0 Å². The minimum Gasteiger partial charge on any atom is -0.506 e. The predicted molar refractivity (Wildman–Crippen MR) is 80.2 cm³/mol. The number of carbonyl (C=O) groups is 1. The first kappa shape index (κ1) is 14.2. The van der Waals surface area contributed by atoms with Crippen molar-refractivity contribution >= 4 is 50.7 Å². The molecule has 0 aliphatic rings. The molecule has 0 saturated heterocycles. The first-order valence-electron chi connectivity index (χ1n) is 5.22. The molecule has 2 aromatic rings. The fraction of sp³-hybridized carbons (Fsp3) is 0. The van der Waals surface area contributed by atoms with Gasteiger partial charge in [0.2, 0.25) is 0 Å². The van der Waals surface area contributed by atoms with Gasteiger partial charge in [0, 0.05) is 21.8 Å². The first-order valence-corrected chi connectivity index (χ1v) is 6.77. The van der Waals surface area contributed by atoms with E-state index in [9.17, 15) is 9.90 Å². The lowest BCUT2D eigenvalue weighted by atomic mass is 10.2. The molecule has 0 aliphatic heterocycles. The van der Waals surface area contributed by atoms with Crippen LogP contribution in [0.4, 0.5) is 5.69 Å². The minimum absolute atomic E-state index is 0.0895. The highest BCUT2D eigenvalue weighted by Crippen LogP contribution is 2.27. The molecule has 0 fully saturated rings. The zero-order chi connectivity index (χ0) is 14.0. The Bertz CT molecular complexity index is 647. The Balaban J connectivity index is 2.20. The van der Waals surface area contributed by atoms with Crippen molar-refractivity contribution in [1.82, 2.24) is 0 Å². The van der Waals surface area contributed by atoms with Gasteiger partial charge in [-0.05, 0) is 46.3 Å². The van der Waals surface area contributed by atoms with Crippen molar-refractivity contribution in [3.05, 3.63) is 56.5 Å². The van der Waals surface area contributed by atoms with Gasteiger partial charge in [0.15, 0.2) is 0 Å². The maximum absolute atomic E-state index is 12.0. The van der Waals surface area contributed by atoms with E-state index in [1.807, 2.05) is 0 Å². The van der Waals surface area contributed by atoms with E-state index < -0.39 is 0 Å². The van der Waals surface area contributed by atoms with Crippen LogP contribution in [0.5, 0.6) is 5.75 Å². The summed E-state index contributed by atoms with van der Waals surface area (Å²) in [6.07, 6.45) is 0. The predicted octanol–water partition coefficient (Wildman–Crippen LogP) is 4.71. The molecule has 2 N–H and O–H groups in total. The summed E-state index contributed by atoms with van der Waals surface area (Å²) >= 11 is 14.9. The van der Waals surface area contributed by atoms with Crippen molar-refractivity contribution in [3.8, 4) is 5.75 Å². The van der Waals surface area contributed by atoms with Crippen molar-refractivity contribution in [2.24, 2.45) is 0 Å². The van der Waals surface area contributed by atoms with Crippen LogP contribution >= 0.6 is 39.1 Å². The molecule has 1 amide bonds. The Labute approximate surface area is 128 Å². The van der Waals surface area contributed by atoms with Crippen LogP contribution in [0.2, 0.25) is 10.0 Å².